The number of para-hydroxylation sites is 1. The summed E-state index contributed by atoms with van der Waals surface area (Å²) in [4.78, 5) is 38.3. The van der Waals surface area contributed by atoms with Gasteiger partial charge in [0.1, 0.15) is 6.54 Å². The van der Waals surface area contributed by atoms with Crippen LogP contribution in [-0.2, 0) is 14.4 Å². The highest BCUT2D eigenvalue weighted by Gasteiger charge is 2.33. The average molecular weight is 324 g/mol. The van der Waals surface area contributed by atoms with Gasteiger partial charge in [-0.3, -0.25) is 14.4 Å². The molecule has 2 rings (SSSR count). The number of hydrogen-bond acceptors (Lipinski definition) is 3. The molecule has 0 aliphatic carbocycles. The number of carbonyl (C=O) groups excluding carboxylic acids is 3. The van der Waals surface area contributed by atoms with Crippen LogP contribution in [0.5, 0.6) is 0 Å². The number of amides is 3. The fourth-order valence-electron chi connectivity index (χ4n) is 2.46. The van der Waals surface area contributed by atoms with Gasteiger partial charge in [0.25, 0.3) is 0 Å². The summed E-state index contributed by atoms with van der Waals surface area (Å²) in [6, 6.07) is 6.94. The minimum Gasteiger partial charge on any atom is -0.370 e. The first-order valence-corrected chi connectivity index (χ1v) is 7.40. The Bertz CT molecular complexity index is 605. The molecule has 1 heterocycles. The molecule has 3 amide bonds. The van der Waals surface area contributed by atoms with Crippen LogP contribution in [0, 0.1) is 0 Å². The number of rotatable bonds is 4. The van der Waals surface area contributed by atoms with Gasteiger partial charge >= 0.3 is 0 Å². The smallest absolute Gasteiger partial charge is 0.246 e. The standard InChI is InChI=1S/C15H18ClN3O3/c1-10-8-19(12-5-3-2-4-11(12)16)15(22)9-18(10)14(21)7-6-13(17)20/h2-5,10H,6-9H2,1H3,(H2,17,20)/t10-/m0/s1. The Morgan fingerprint density at radius 1 is 1.32 bits per heavy atom. The van der Waals surface area contributed by atoms with Crippen LogP contribution in [0.15, 0.2) is 24.3 Å². The van der Waals surface area contributed by atoms with Gasteiger partial charge in [0.15, 0.2) is 0 Å². The van der Waals surface area contributed by atoms with Gasteiger partial charge in [0, 0.05) is 25.4 Å². The van der Waals surface area contributed by atoms with Gasteiger partial charge in [-0.1, -0.05) is 23.7 Å². The van der Waals surface area contributed by atoms with E-state index in [1.807, 2.05) is 13.0 Å². The minimum absolute atomic E-state index is 0.00945. The maximum atomic E-state index is 12.3. The minimum atomic E-state index is -0.526. The van der Waals surface area contributed by atoms with Crippen LogP contribution in [-0.4, -0.2) is 41.8 Å². The number of benzene rings is 1. The maximum absolute atomic E-state index is 12.3. The lowest BCUT2D eigenvalue weighted by atomic mass is 10.1. The Labute approximate surface area is 133 Å². The summed E-state index contributed by atoms with van der Waals surface area (Å²) in [6.07, 6.45) is 0.0174. The number of nitrogens with zero attached hydrogens (tertiary/aromatic N) is 2. The zero-order valence-corrected chi connectivity index (χ0v) is 13.0. The topological polar surface area (TPSA) is 83.7 Å². The number of hydrogen-bond donors (Lipinski definition) is 1. The van der Waals surface area contributed by atoms with Gasteiger partial charge < -0.3 is 15.5 Å². The second-order valence-electron chi connectivity index (χ2n) is 5.29. The molecule has 22 heavy (non-hydrogen) atoms. The van der Waals surface area contributed by atoms with Crippen molar-refractivity contribution in [3.05, 3.63) is 29.3 Å². The largest absolute Gasteiger partial charge is 0.370 e. The van der Waals surface area contributed by atoms with Crippen LogP contribution in [0.4, 0.5) is 5.69 Å². The zero-order chi connectivity index (χ0) is 16.3. The monoisotopic (exact) mass is 323 g/mol. The van der Waals surface area contributed by atoms with E-state index in [9.17, 15) is 14.4 Å². The van der Waals surface area contributed by atoms with Crippen LogP contribution < -0.4 is 10.6 Å². The first kappa shape index (κ1) is 16.3. The highest BCUT2D eigenvalue weighted by Crippen LogP contribution is 2.28. The molecule has 2 N–H and O–H groups in total. The number of carbonyl (C=O) groups is 3. The summed E-state index contributed by atoms with van der Waals surface area (Å²) in [7, 11) is 0. The predicted molar refractivity (Wildman–Crippen MR) is 83.4 cm³/mol. The number of nitrogens with two attached hydrogens (primary N) is 1. The van der Waals surface area contributed by atoms with Crippen molar-refractivity contribution in [3.8, 4) is 0 Å². The van der Waals surface area contributed by atoms with Gasteiger partial charge in [0.05, 0.1) is 10.7 Å². The highest BCUT2D eigenvalue weighted by molar-refractivity contribution is 6.33. The van der Waals surface area contributed by atoms with Crippen molar-refractivity contribution in [1.82, 2.24) is 4.90 Å². The van der Waals surface area contributed by atoms with Crippen LogP contribution in [0.1, 0.15) is 19.8 Å². The SMILES string of the molecule is C[C@H]1CN(c2ccccc2Cl)C(=O)CN1C(=O)CCC(N)=O. The molecule has 0 spiro atoms. The summed E-state index contributed by atoms with van der Waals surface area (Å²) in [6.45, 7) is 2.20. The Balaban J connectivity index is 2.09. The number of anilines is 1. The normalized spacial score (nSPS) is 18.5. The van der Waals surface area contributed by atoms with E-state index in [-0.39, 0.29) is 37.2 Å². The molecule has 1 fully saturated rings. The van der Waals surface area contributed by atoms with E-state index in [0.29, 0.717) is 17.3 Å². The molecule has 1 aliphatic rings. The number of piperazine rings is 1. The van der Waals surface area contributed by atoms with Crippen molar-refractivity contribution in [2.75, 3.05) is 18.0 Å². The third-order valence-corrected chi connectivity index (χ3v) is 3.95. The average Bonchev–Trinajstić information content (AvgIpc) is 2.47. The van der Waals surface area contributed by atoms with E-state index >= 15 is 0 Å². The fraction of sp³-hybridized carbons (Fsp3) is 0.400. The molecule has 0 unspecified atom stereocenters. The Morgan fingerprint density at radius 3 is 2.64 bits per heavy atom. The molecule has 0 radical (unpaired) electrons. The second kappa shape index (κ2) is 6.79. The molecule has 0 bridgehead atoms. The Morgan fingerprint density at radius 2 is 2.00 bits per heavy atom. The predicted octanol–water partition coefficient (Wildman–Crippen LogP) is 1.17. The van der Waals surface area contributed by atoms with Crippen molar-refractivity contribution < 1.29 is 14.4 Å². The van der Waals surface area contributed by atoms with Crippen molar-refractivity contribution in [2.45, 2.75) is 25.8 Å². The van der Waals surface area contributed by atoms with Crippen molar-refractivity contribution in [2.24, 2.45) is 5.73 Å². The van der Waals surface area contributed by atoms with E-state index in [1.54, 1.807) is 23.1 Å². The van der Waals surface area contributed by atoms with Crippen molar-refractivity contribution in [1.29, 1.82) is 0 Å². The summed E-state index contributed by atoms with van der Waals surface area (Å²) in [5.41, 5.74) is 5.69. The molecule has 0 aromatic heterocycles. The Hall–Kier alpha value is -2.08. The molecule has 1 aliphatic heterocycles. The van der Waals surface area contributed by atoms with E-state index in [0.717, 1.165) is 0 Å². The quantitative estimate of drug-likeness (QED) is 0.902. The summed E-state index contributed by atoms with van der Waals surface area (Å²) < 4.78 is 0. The summed E-state index contributed by atoms with van der Waals surface area (Å²) in [5.74, 6) is -0.959. The molecule has 118 valence electrons. The highest BCUT2D eigenvalue weighted by atomic mass is 35.5. The Kier molecular flexibility index (Phi) is 5.03. The molecule has 1 atom stereocenters. The zero-order valence-electron chi connectivity index (χ0n) is 12.3. The van der Waals surface area contributed by atoms with E-state index in [1.165, 1.54) is 4.90 Å². The summed E-state index contributed by atoms with van der Waals surface area (Å²) >= 11 is 6.13. The number of halogens is 1. The van der Waals surface area contributed by atoms with E-state index < -0.39 is 5.91 Å². The number of primary amides is 1. The van der Waals surface area contributed by atoms with Crippen LogP contribution in [0.3, 0.4) is 0 Å². The first-order chi connectivity index (χ1) is 10.4. The molecule has 6 nitrogen and oxygen atoms in total. The van der Waals surface area contributed by atoms with Gasteiger partial charge in [0.2, 0.25) is 17.7 Å². The van der Waals surface area contributed by atoms with Gasteiger partial charge in [-0.25, -0.2) is 0 Å². The molecule has 1 saturated heterocycles. The lowest BCUT2D eigenvalue weighted by Crippen LogP contribution is -2.57. The first-order valence-electron chi connectivity index (χ1n) is 7.03. The van der Waals surface area contributed by atoms with Crippen LogP contribution in [0.25, 0.3) is 0 Å². The van der Waals surface area contributed by atoms with Crippen molar-refractivity contribution in [3.63, 3.8) is 0 Å². The molecule has 0 saturated carbocycles. The van der Waals surface area contributed by atoms with Gasteiger partial charge in [-0.2, -0.15) is 0 Å². The lowest BCUT2D eigenvalue weighted by molar-refractivity contribution is -0.140. The molecular weight excluding hydrogens is 306 g/mol. The van der Waals surface area contributed by atoms with E-state index in [4.69, 9.17) is 17.3 Å². The van der Waals surface area contributed by atoms with Gasteiger partial charge in [-0.05, 0) is 19.1 Å². The van der Waals surface area contributed by atoms with Crippen molar-refractivity contribution >= 4 is 35.0 Å². The van der Waals surface area contributed by atoms with Crippen LogP contribution >= 0.6 is 11.6 Å². The fourth-order valence-corrected chi connectivity index (χ4v) is 2.70. The van der Waals surface area contributed by atoms with Gasteiger partial charge in [-0.15, -0.1) is 0 Å². The molecule has 1 aromatic carbocycles. The van der Waals surface area contributed by atoms with Crippen LogP contribution in [0.2, 0.25) is 5.02 Å². The maximum Gasteiger partial charge on any atom is 0.246 e. The van der Waals surface area contributed by atoms with E-state index in [2.05, 4.69) is 0 Å². The third-order valence-electron chi connectivity index (χ3n) is 3.63. The molecule has 1 aromatic rings. The second-order valence-corrected chi connectivity index (χ2v) is 5.70. The molecule has 7 heteroatoms. The lowest BCUT2D eigenvalue weighted by Gasteiger charge is -2.39. The third kappa shape index (κ3) is 3.57. The molecular formula is C15H18ClN3O3. The summed E-state index contributed by atoms with van der Waals surface area (Å²) in [5, 5.41) is 0.497.